The van der Waals surface area contributed by atoms with Gasteiger partial charge in [0.25, 0.3) is 0 Å². The first kappa shape index (κ1) is 21.3. The average Bonchev–Trinajstić information content (AvgIpc) is 3.22. The summed E-state index contributed by atoms with van der Waals surface area (Å²) in [5, 5.41) is 1.35. The molecule has 3 aliphatic rings. The van der Waals surface area contributed by atoms with Crippen LogP contribution in [0.1, 0.15) is 29.6 Å². The summed E-state index contributed by atoms with van der Waals surface area (Å²) in [4.78, 5) is 20.5. The standard InChI is InChI=1S/C26H33N5OS/c1-19-7-8-21-22(17-19)33-26-24(21)25(27-23(28-26)18-29-13-15-32-16-14-29)31-11-9-30(10-12-31)20-5-3-2-4-6-20/h2-6,19H,7-18H2,1H3/t19-/m0/s1. The molecule has 1 atom stereocenters. The van der Waals surface area contributed by atoms with Crippen LogP contribution < -0.4 is 9.80 Å². The molecule has 0 amide bonds. The molecular weight excluding hydrogens is 430 g/mol. The molecule has 7 heteroatoms. The van der Waals surface area contributed by atoms with Gasteiger partial charge in [-0.1, -0.05) is 25.1 Å². The molecule has 0 N–H and O–H groups in total. The Morgan fingerprint density at radius 3 is 2.52 bits per heavy atom. The molecule has 33 heavy (non-hydrogen) atoms. The summed E-state index contributed by atoms with van der Waals surface area (Å²) in [6.45, 7) is 10.8. The number of rotatable bonds is 4. The fourth-order valence-electron chi connectivity index (χ4n) is 5.44. The summed E-state index contributed by atoms with van der Waals surface area (Å²) < 4.78 is 5.54. The minimum Gasteiger partial charge on any atom is -0.379 e. The number of piperazine rings is 1. The molecule has 2 aliphatic heterocycles. The minimum atomic E-state index is 0.768. The van der Waals surface area contributed by atoms with Gasteiger partial charge in [0.05, 0.1) is 25.1 Å². The fraction of sp³-hybridized carbons (Fsp3) is 0.538. The highest BCUT2D eigenvalue weighted by Gasteiger charge is 2.28. The van der Waals surface area contributed by atoms with E-state index in [1.807, 2.05) is 11.3 Å². The van der Waals surface area contributed by atoms with Crippen molar-refractivity contribution in [2.45, 2.75) is 32.7 Å². The lowest BCUT2D eigenvalue weighted by Crippen LogP contribution is -2.47. The van der Waals surface area contributed by atoms with E-state index in [9.17, 15) is 0 Å². The van der Waals surface area contributed by atoms with E-state index in [0.717, 1.165) is 70.8 Å². The van der Waals surface area contributed by atoms with Crippen molar-refractivity contribution in [3.05, 3.63) is 46.6 Å². The van der Waals surface area contributed by atoms with Crippen molar-refractivity contribution in [3.8, 4) is 0 Å². The predicted octanol–water partition coefficient (Wildman–Crippen LogP) is 3.97. The molecule has 6 nitrogen and oxygen atoms in total. The number of thiophene rings is 1. The molecule has 2 aromatic heterocycles. The number of ether oxygens (including phenoxy) is 1. The highest BCUT2D eigenvalue weighted by molar-refractivity contribution is 7.19. The van der Waals surface area contributed by atoms with Crippen LogP contribution in [0.4, 0.5) is 11.5 Å². The summed E-state index contributed by atoms with van der Waals surface area (Å²) in [6, 6.07) is 10.8. The Labute approximate surface area is 200 Å². The van der Waals surface area contributed by atoms with Gasteiger partial charge in [0.15, 0.2) is 0 Å². The molecule has 0 unspecified atom stereocenters. The Morgan fingerprint density at radius 2 is 1.73 bits per heavy atom. The van der Waals surface area contributed by atoms with Crippen LogP contribution in [0, 0.1) is 5.92 Å². The van der Waals surface area contributed by atoms with Gasteiger partial charge in [0.2, 0.25) is 0 Å². The fourth-order valence-corrected chi connectivity index (χ4v) is 6.84. The highest BCUT2D eigenvalue weighted by atomic mass is 32.1. The molecule has 2 saturated heterocycles. The number of benzene rings is 1. The summed E-state index contributed by atoms with van der Waals surface area (Å²) in [5.41, 5.74) is 2.85. The molecule has 174 valence electrons. The van der Waals surface area contributed by atoms with Crippen LogP contribution in [0.15, 0.2) is 30.3 Å². The molecular formula is C26H33N5OS. The third-order valence-corrected chi connectivity index (χ3v) is 8.50. The van der Waals surface area contributed by atoms with Gasteiger partial charge in [-0.2, -0.15) is 0 Å². The van der Waals surface area contributed by atoms with E-state index in [0.29, 0.717) is 0 Å². The molecule has 1 aliphatic carbocycles. The predicted molar refractivity (Wildman–Crippen MR) is 136 cm³/mol. The van der Waals surface area contributed by atoms with Crippen LogP contribution >= 0.6 is 11.3 Å². The van der Waals surface area contributed by atoms with E-state index in [-0.39, 0.29) is 0 Å². The van der Waals surface area contributed by atoms with Gasteiger partial charge in [-0.25, -0.2) is 9.97 Å². The number of morpholine rings is 1. The SMILES string of the molecule is C[C@H]1CCc2c(sc3nc(CN4CCOCC4)nc(N4CCN(c5ccccc5)CC4)c23)C1. The third kappa shape index (κ3) is 4.34. The topological polar surface area (TPSA) is 44.7 Å². The van der Waals surface area contributed by atoms with Gasteiger partial charge in [-0.3, -0.25) is 4.90 Å². The normalized spacial score (nSPS) is 22.0. The first-order valence-corrected chi connectivity index (χ1v) is 13.2. The van der Waals surface area contributed by atoms with Crippen molar-refractivity contribution in [2.75, 3.05) is 62.3 Å². The number of nitrogens with zero attached hydrogens (tertiary/aromatic N) is 5. The lowest BCUT2D eigenvalue weighted by atomic mass is 9.89. The maximum atomic E-state index is 5.54. The van der Waals surface area contributed by atoms with Crippen LogP contribution in [-0.4, -0.2) is 67.4 Å². The van der Waals surface area contributed by atoms with E-state index in [4.69, 9.17) is 14.7 Å². The average molecular weight is 464 g/mol. The Morgan fingerprint density at radius 1 is 0.970 bits per heavy atom. The number of fused-ring (bicyclic) bond motifs is 3. The quantitative estimate of drug-likeness (QED) is 0.583. The van der Waals surface area contributed by atoms with Gasteiger partial charge in [-0.15, -0.1) is 11.3 Å². The first-order chi connectivity index (χ1) is 16.2. The maximum Gasteiger partial charge on any atom is 0.146 e. The zero-order valence-corrected chi connectivity index (χ0v) is 20.3. The van der Waals surface area contributed by atoms with Crippen molar-refractivity contribution in [2.24, 2.45) is 5.92 Å². The van der Waals surface area contributed by atoms with Gasteiger partial charge in [0, 0.05) is 49.8 Å². The minimum absolute atomic E-state index is 0.768. The number of aryl methyl sites for hydroxylation is 1. The number of para-hydroxylation sites is 1. The second-order valence-corrected chi connectivity index (χ2v) is 10.8. The second kappa shape index (κ2) is 9.20. The van der Waals surface area contributed by atoms with Gasteiger partial charge >= 0.3 is 0 Å². The zero-order valence-electron chi connectivity index (χ0n) is 19.5. The van der Waals surface area contributed by atoms with Gasteiger partial charge in [0.1, 0.15) is 16.5 Å². The molecule has 6 rings (SSSR count). The van der Waals surface area contributed by atoms with E-state index < -0.39 is 0 Å². The Kier molecular flexibility index (Phi) is 5.94. The van der Waals surface area contributed by atoms with Gasteiger partial charge < -0.3 is 14.5 Å². The van der Waals surface area contributed by atoms with Gasteiger partial charge in [-0.05, 0) is 42.9 Å². The van der Waals surface area contributed by atoms with Crippen LogP contribution in [0.2, 0.25) is 0 Å². The smallest absolute Gasteiger partial charge is 0.146 e. The van der Waals surface area contributed by atoms with Crippen molar-refractivity contribution in [3.63, 3.8) is 0 Å². The van der Waals surface area contributed by atoms with E-state index in [2.05, 4.69) is 52.0 Å². The largest absolute Gasteiger partial charge is 0.379 e. The van der Waals surface area contributed by atoms with Crippen LogP contribution in [0.5, 0.6) is 0 Å². The Bertz CT molecular complexity index is 1100. The second-order valence-electron chi connectivity index (χ2n) is 9.69. The summed E-state index contributed by atoms with van der Waals surface area (Å²) >= 11 is 1.92. The first-order valence-electron chi connectivity index (χ1n) is 12.4. The molecule has 0 bridgehead atoms. The lowest BCUT2D eigenvalue weighted by molar-refractivity contribution is 0.0331. The number of hydrogen-bond donors (Lipinski definition) is 0. The Hall–Kier alpha value is -2.22. The van der Waals surface area contributed by atoms with E-state index >= 15 is 0 Å². The molecule has 4 heterocycles. The zero-order chi connectivity index (χ0) is 22.2. The molecule has 3 aromatic rings. The monoisotopic (exact) mass is 463 g/mol. The van der Waals surface area contributed by atoms with E-state index in [1.54, 1.807) is 4.88 Å². The summed E-state index contributed by atoms with van der Waals surface area (Å²) in [7, 11) is 0. The van der Waals surface area contributed by atoms with E-state index in [1.165, 1.54) is 46.5 Å². The molecule has 0 radical (unpaired) electrons. The maximum absolute atomic E-state index is 5.54. The van der Waals surface area contributed by atoms with Crippen molar-refractivity contribution < 1.29 is 4.74 Å². The molecule has 1 aromatic carbocycles. The van der Waals surface area contributed by atoms with Crippen molar-refractivity contribution in [1.82, 2.24) is 14.9 Å². The summed E-state index contributed by atoms with van der Waals surface area (Å²) in [6.07, 6.45) is 3.63. The molecule has 0 saturated carbocycles. The number of aromatic nitrogens is 2. The molecule has 2 fully saturated rings. The highest BCUT2D eigenvalue weighted by Crippen LogP contribution is 2.41. The van der Waals surface area contributed by atoms with Crippen LogP contribution in [0.25, 0.3) is 10.2 Å². The number of hydrogen-bond acceptors (Lipinski definition) is 7. The number of anilines is 2. The lowest BCUT2D eigenvalue weighted by Gasteiger charge is -2.37. The van der Waals surface area contributed by atoms with Crippen LogP contribution in [-0.2, 0) is 24.1 Å². The Balaban J connectivity index is 1.32. The van der Waals surface area contributed by atoms with Crippen molar-refractivity contribution in [1.29, 1.82) is 0 Å². The summed E-state index contributed by atoms with van der Waals surface area (Å²) in [5.74, 6) is 2.92. The third-order valence-electron chi connectivity index (χ3n) is 7.35. The molecule has 0 spiro atoms. The van der Waals surface area contributed by atoms with Crippen molar-refractivity contribution >= 4 is 33.1 Å². The van der Waals surface area contributed by atoms with Crippen LogP contribution in [0.3, 0.4) is 0 Å².